The fourth-order valence-corrected chi connectivity index (χ4v) is 18.1. The molecule has 0 spiro atoms. The Labute approximate surface area is 129 Å². The molecule has 2 nitrogen and oxygen atoms in total. The number of rotatable bonds is 10. The molecular formula is C17H32N2Sn. The molecular weight excluding hydrogens is 351 g/mol. The van der Waals surface area contributed by atoms with E-state index in [1.807, 2.05) is 6.92 Å². The van der Waals surface area contributed by atoms with Crippen molar-refractivity contribution in [2.24, 2.45) is 0 Å². The van der Waals surface area contributed by atoms with E-state index in [4.69, 9.17) is 0 Å². The van der Waals surface area contributed by atoms with Gasteiger partial charge in [-0.2, -0.15) is 0 Å². The summed E-state index contributed by atoms with van der Waals surface area (Å²) in [5.41, 5.74) is 1.05. The Bertz CT molecular complexity index is 340. The topological polar surface area (TPSA) is 25.8 Å². The van der Waals surface area contributed by atoms with Crippen LogP contribution >= 0.6 is 0 Å². The molecule has 1 aromatic heterocycles. The van der Waals surface area contributed by atoms with Gasteiger partial charge in [-0.1, -0.05) is 0 Å². The monoisotopic (exact) mass is 384 g/mol. The van der Waals surface area contributed by atoms with Crippen LogP contribution in [0.25, 0.3) is 0 Å². The van der Waals surface area contributed by atoms with Crippen LogP contribution in [0.5, 0.6) is 0 Å². The van der Waals surface area contributed by atoms with E-state index in [1.165, 1.54) is 55.5 Å². The van der Waals surface area contributed by atoms with E-state index in [-0.39, 0.29) is 0 Å². The van der Waals surface area contributed by atoms with Gasteiger partial charge in [0.1, 0.15) is 0 Å². The Morgan fingerprint density at radius 3 is 1.65 bits per heavy atom. The van der Waals surface area contributed by atoms with Crippen LogP contribution in [0.2, 0.25) is 13.3 Å². The summed E-state index contributed by atoms with van der Waals surface area (Å²) in [4.78, 5) is 0. The summed E-state index contributed by atoms with van der Waals surface area (Å²) < 4.78 is 5.87. The van der Waals surface area contributed by atoms with Gasteiger partial charge in [0, 0.05) is 0 Å². The van der Waals surface area contributed by atoms with Gasteiger partial charge >= 0.3 is 130 Å². The summed E-state index contributed by atoms with van der Waals surface area (Å²) in [6.45, 7) is 8.99. The minimum absolute atomic E-state index is 1.05. The summed E-state index contributed by atoms with van der Waals surface area (Å²) >= 11 is -2.30. The zero-order valence-corrected chi connectivity index (χ0v) is 16.8. The third-order valence-corrected chi connectivity index (χ3v) is 19.5. The molecule has 1 heterocycles. The van der Waals surface area contributed by atoms with E-state index >= 15 is 0 Å². The maximum atomic E-state index is 4.65. The zero-order chi connectivity index (χ0) is 14.8. The van der Waals surface area contributed by atoms with Gasteiger partial charge in [-0.3, -0.25) is 0 Å². The van der Waals surface area contributed by atoms with Crippen molar-refractivity contribution in [1.82, 2.24) is 10.2 Å². The van der Waals surface area contributed by atoms with Crippen LogP contribution in [0.15, 0.2) is 12.1 Å². The quantitative estimate of drug-likeness (QED) is 0.541. The molecule has 0 amide bonds. The van der Waals surface area contributed by atoms with Gasteiger partial charge in [0.25, 0.3) is 0 Å². The van der Waals surface area contributed by atoms with Gasteiger partial charge in [-0.25, -0.2) is 0 Å². The molecule has 0 aliphatic rings. The molecule has 1 rings (SSSR count). The van der Waals surface area contributed by atoms with Crippen molar-refractivity contribution in [3.05, 3.63) is 17.8 Å². The Balaban J connectivity index is 3.00. The van der Waals surface area contributed by atoms with Crippen molar-refractivity contribution in [3.63, 3.8) is 0 Å². The second-order valence-electron chi connectivity index (χ2n) is 6.15. The first kappa shape index (κ1) is 17.9. The van der Waals surface area contributed by atoms with Crippen molar-refractivity contribution >= 4 is 22.1 Å². The van der Waals surface area contributed by atoms with E-state index < -0.39 is 18.4 Å². The molecule has 0 saturated heterocycles. The van der Waals surface area contributed by atoms with E-state index in [1.54, 1.807) is 0 Å². The fraction of sp³-hybridized carbons (Fsp3) is 0.765. The first-order chi connectivity index (χ1) is 9.68. The summed E-state index contributed by atoms with van der Waals surface area (Å²) in [5, 5.41) is 9.02. The average Bonchev–Trinajstić information content (AvgIpc) is 2.48. The molecule has 0 aromatic carbocycles. The van der Waals surface area contributed by atoms with Crippen LogP contribution in [0.4, 0.5) is 0 Å². The predicted octanol–water partition coefficient (Wildman–Crippen LogP) is 4.84. The van der Waals surface area contributed by atoms with Crippen molar-refractivity contribution in [3.8, 4) is 0 Å². The molecule has 0 unspecified atom stereocenters. The Morgan fingerprint density at radius 2 is 1.30 bits per heavy atom. The summed E-state index contributed by atoms with van der Waals surface area (Å²) in [6, 6.07) is 4.50. The molecule has 0 saturated carbocycles. The molecule has 0 radical (unpaired) electrons. The second-order valence-corrected chi connectivity index (χ2v) is 19.2. The van der Waals surface area contributed by atoms with E-state index in [0.717, 1.165) is 5.69 Å². The zero-order valence-electron chi connectivity index (χ0n) is 13.9. The van der Waals surface area contributed by atoms with Crippen molar-refractivity contribution in [1.29, 1.82) is 0 Å². The van der Waals surface area contributed by atoms with E-state index in [9.17, 15) is 0 Å². The van der Waals surface area contributed by atoms with Crippen LogP contribution in [-0.2, 0) is 0 Å². The summed E-state index contributed by atoms with van der Waals surface area (Å²) in [7, 11) is 0. The summed E-state index contributed by atoms with van der Waals surface area (Å²) in [6.07, 6.45) is 8.11. The standard InChI is InChI=1S/C5H5N2.3C4H9.Sn/c1-5-3-2-4-6-7-5;3*1-3-4-2;/h2-3H,1H3;3*1,3-4H2,2H3;. The SMILES string of the molecule is CCC[CH2][Sn]([CH2]CCC)([CH2]CCC)[c]1ccc(C)nn1. The van der Waals surface area contributed by atoms with Crippen LogP contribution in [0.3, 0.4) is 0 Å². The second kappa shape index (κ2) is 9.75. The van der Waals surface area contributed by atoms with E-state index in [2.05, 4.69) is 43.1 Å². The Hall–Kier alpha value is -0.121. The molecule has 0 fully saturated rings. The number of nitrogens with zero attached hydrogens (tertiary/aromatic N) is 2. The molecule has 0 bridgehead atoms. The van der Waals surface area contributed by atoms with Crippen LogP contribution in [0, 0.1) is 6.92 Å². The third-order valence-electron chi connectivity index (χ3n) is 4.37. The number of aromatic nitrogens is 2. The maximum absolute atomic E-state index is 4.65. The van der Waals surface area contributed by atoms with Crippen LogP contribution in [0.1, 0.15) is 65.0 Å². The number of unbranched alkanes of at least 4 members (excludes halogenated alkanes) is 3. The molecule has 1 aromatic rings. The van der Waals surface area contributed by atoms with Gasteiger partial charge in [0.05, 0.1) is 0 Å². The van der Waals surface area contributed by atoms with E-state index in [0.29, 0.717) is 0 Å². The molecule has 0 atom stereocenters. The van der Waals surface area contributed by atoms with Gasteiger partial charge in [-0.15, -0.1) is 0 Å². The number of aryl methyl sites for hydroxylation is 1. The predicted molar refractivity (Wildman–Crippen MR) is 91.3 cm³/mol. The van der Waals surface area contributed by atoms with Crippen LogP contribution < -0.4 is 3.71 Å². The Morgan fingerprint density at radius 1 is 0.800 bits per heavy atom. The van der Waals surface area contributed by atoms with Crippen molar-refractivity contribution in [2.75, 3.05) is 0 Å². The molecule has 0 N–H and O–H groups in total. The number of hydrogen-bond acceptors (Lipinski definition) is 2. The average molecular weight is 383 g/mol. The van der Waals surface area contributed by atoms with Crippen molar-refractivity contribution in [2.45, 2.75) is 79.5 Å². The summed E-state index contributed by atoms with van der Waals surface area (Å²) in [5.74, 6) is 0. The van der Waals surface area contributed by atoms with Gasteiger partial charge in [-0.05, 0) is 0 Å². The minimum atomic E-state index is -2.30. The molecule has 114 valence electrons. The molecule has 3 heteroatoms. The van der Waals surface area contributed by atoms with Gasteiger partial charge < -0.3 is 0 Å². The van der Waals surface area contributed by atoms with Crippen molar-refractivity contribution < 1.29 is 0 Å². The molecule has 0 aliphatic carbocycles. The first-order valence-electron chi connectivity index (χ1n) is 8.49. The molecule has 20 heavy (non-hydrogen) atoms. The Kier molecular flexibility index (Phi) is 8.74. The fourth-order valence-electron chi connectivity index (χ4n) is 2.99. The van der Waals surface area contributed by atoms with Crippen LogP contribution in [-0.4, -0.2) is 28.6 Å². The van der Waals surface area contributed by atoms with Gasteiger partial charge in [0.15, 0.2) is 0 Å². The van der Waals surface area contributed by atoms with Gasteiger partial charge in [0.2, 0.25) is 0 Å². The first-order valence-corrected chi connectivity index (χ1v) is 16.0. The number of hydrogen-bond donors (Lipinski definition) is 0. The normalized spacial score (nSPS) is 11.8. The third kappa shape index (κ3) is 5.34. The molecule has 0 aliphatic heterocycles.